The van der Waals surface area contributed by atoms with E-state index in [0.29, 0.717) is 16.5 Å². The van der Waals surface area contributed by atoms with E-state index in [1.54, 1.807) is 12.3 Å². The van der Waals surface area contributed by atoms with E-state index in [0.717, 1.165) is 43.9 Å². The van der Waals surface area contributed by atoms with E-state index in [2.05, 4.69) is 17.1 Å². The number of nitrogens with zero attached hydrogens (tertiary/aromatic N) is 1. The third kappa shape index (κ3) is 1.93. The molecule has 3 aliphatic carbocycles. The molecule has 3 nitrogen and oxygen atoms in total. The monoisotopic (exact) mass is 322 g/mol. The van der Waals surface area contributed by atoms with E-state index in [4.69, 9.17) is 11.6 Å². The van der Waals surface area contributed by atoms with Crippen LogP contribution in [0, 0.1) is 16.6 Å². The van der Waals surface area contributed by atoms with Gasteiger partial charge in [-0.3, -0.25) is 5.10 Å². The average Bonchev–Trinajstić information content (AvgIpc) is 2.96. The first kappa shape index (κ1) is 14.5. The van der Waals surface area contributed by atoms with Gasteiger partial charge in [0.15, 0.2) is 0 Å². The highest BCUT2D eigenvalue weighted by Crippen LogP contribution is 2.61. The van der Waals surface area contributed by atoms with Crippen molar-refractivity contribution >= 4 is 22.5 Å². The minimum atomic E-state index is -0.834. The molecule has 5 rings (SSSR count). The Hall–Kier alpha value is -1.13. The molecule has 22 heavy (non-hydrogen) atoms. The molecule has 1 unspecified atom stereocenters. The van der Waals surface area contributed by atoms with Crippen molar-refractivity contribution in [1.29, 1.82) is 0 Å². The molecule has 0 aliphatic heterocycles. The Kier molecular flexibility index (Phi) is 3.08. The zero-order valence-electron chi connectivity index (χ0n) is 12.6. The molecule has 0 spiro atoms. The van der Waals surface area contributed by atoms with Gasteiger partial charge in [-0.15, -0.1) is 0 Å². The lowest BCUT2D eigenvalue weighted by Crippen LogP contribution is -2.43. The summed E-state index contributed by atoms with van der Waals surface area (Å²) < 4.78 is 14.7. The van der Waals surface area contributed by atoms with Crippen LogP contribution in [0.3, 0.4) is 0 Å². The van der Waals surface area contributed by atoms with Crippen LogP contribution in [-0.2, 0) is 0 Å². The Morgan fingerprint density at radius 3 is 2.55 bits per heavy atom. The summed E-state index contributed by atoms with van der Waals surface area (Å²) in [4.78, 5) is 0. The second kappa shape index (κ2) is 4.68. The van der Waals surface area contributed by atoms with Crippen LogP contribution in [0.1, 0.15) is 57.1 Å². The fourth-order valence-electron chi connectivity index (χ4n) is 4.43. The number of aliphatic hydroxyl groups excluding tert-OH is 1. The highest BCUT2D eigenvalue weighted by Gasteiger charge is 2.51. The zero-order chi connectivity index (χ0) is 15.5. The number of aromatic amines is 1. The molecule has 5 heteroatoms. The van der Waals surface area contributed by atoms with Crippen LogP contribution in [-0.4, -0.2) is 15.3 Å². The maximum Gasteiger partial charge on any atom is 0.149 e. The molecule has 1 aromatic heterocycles. The zero-order valence-corrected chi connectivity index (χ0v) is 13.4. The molecule has 1 atom stereocenters. The van der Waals surface area contributed by atoms with E-state index < -0.39 is 11.9 Å². The van der Waals surface area contributed by atoms with Gasteiger partial charge in [0.2, 0.25) is 0 Å². The minimum Gasteiger partial charge on any atom is -0.388 e. The van der Waals surface area contributed by atoms with Crippen molar-refractivity contribution in [2.45, 2.75) is 51.6 Å². The van der Waals surface area contributed by atoms with Crippen LogP contribution in [0.4, 0.5) is 4.39 Å². The molecule has 1 heterocycles. The Bertz CT molecular complexity index is 717. The summed E-state index contributed by atoms with van der Waals surface area (Å²) >= 11 is 6.03. The summed E-state index contributed by atoms with van der Waals surface area (Å²) in [5, 5.41) is 18.7. The van der Waals surface area contributed by atoms with Crippen molar-refractivity contribution in [2.75, 3.05) is 0 Å². The first-order chi connectivity index (χ1) is 10.4. The molecule has 3 aliphatic rings. The number of H-pyrrole nitrogens is 1. The summed E-state index contributed by atoms with van der Waals surface area (Å²) in [6.45, 7) is 2.33. The normalized spacial score (nSPS) is 32.5. The lowest BCUT2D eigenvalue weighted by molar-refractivity contribution is -0.0850. The summed E-state index contributed by atoms with van der Waals surface area (Å²) in [6, 6.07) is 1.56. The third-order valence-electron chi connectivity index (χ3n) is 6.20. The van der Waals surface area contributed by atoms with Gasteiger partial charge in [-0.25, -0.2) is 4.39 Å². The third-order valence-corrected chi connectivity index (χ3v) is 6.47. The molecule has 0 saturated heterocycles. The lowest BCUT2D eigenvalue weighted by atomic mass is 9.52. The molecule has 118 valence electrons. The van der Waals surface area contributed by atoms with Gasteiger partial charge in [-0.05, 0) is 50.0 Å². The molecule has 1 aromatic carbocycles. The van der Waals surface area contributed by atoms with E-state index in [-0.39, 0.29) is 10.4 Å². The predicted molar refractivity (Wildman–Crippen MR) is 84.3 cm³/mol. The summed E-state index contributed by atoms with van der Waals surface area (Å²) in [7, 11) is 0. The van der Waals surface area contributed by atoms with Crippen molar-refractivity contribution in [1.82, 2.24) is 10.2 Å². The van der Waals surface area contributed by atoms with Crippen LogP contribution in [0.15, 0.2) is 12.3 Å². The first-order valence-corrected chi connectivity index (χ1v) is 8.31. The fraction of sp³-hybridized carbons (Fsp3) is 0.588. The first-order valence-electron chi connectivity index (χ1n) is 7.93. The average molecular weight is 323 g/mol. The Morgan fingerprint density at radius 1 is 1.27 bits per heavy atom. The standard InChI is InChI=1S/C17H20ClFN2O/c1-16-2-5-17(6-3-16,7-4-16)15(22)12-13(19)11(18)8-10-9-20-21-14(10)12/h8-9,15,22H,2-7H2,1H3,(H,20,21). The molecule has 0 radical (unpaired) electrons. The van der Waals surface area contributed by atoms with E-state index in [1.165, 1.54) is 0 Å². The molecule has 2 aromatic rings. The smallest absolute Gasteiger partial charge is 0.149 e. The van der Waals surface area contributed by atoms with Crippen molar-refractivity contribution in [2.24, 2.45) is 10.8 Å². The second-order valence-corrected chi connectivity index (χ2v) is 7.90. The SMILES string of the molecule is CC12CCC(C(O)c3c(F)c(Cl)cc4cn[nH]c34)(CC1)CC2. The lowest BCUT2D eigenvalue weighted by Gasteiger charge is -2.54. The maximum absolute atomic E-state index is 14.7. The Labute approximate surface area is 133 Å². The van der Waals surface area contributed by atoms with E-state index in [1.807, 2.05) is 0 Å². The fourth-order valence-corrected chi connectivity index (χ4v) is 4.65. The highest BCUT2D eigenvalue weighted by atomic mass is 35.5. The Morgan fingerprint density at radius 2 is 1.91 bits per heavy atom. The van der Waals surface area contributed by atoms with Gasteiger partial charge in [-0.2, -0.15) is 5.10 Å². The van der Waals surface area contributed by atoms with Gasteiger partial charge in [0.25, 0.3) is 0 Å². The molecule has 2 N–H and O–H groups in total. The van der Waals surface area contributed by atoms with Crippen LogP contribution in [0.2, 0.25) is 5.02 Å². The molecule has 0 amide bonds. The van der Waals surface area contributed by atoms with Crippen LogP contribution >= 0.6 is 11.6 Å². The Balaban J connectivity index is 1.82. The summed E-state index contributed by atoms with van der Waals surface area (Å²) in [5.74, 6) is -0.515. The van der Waals surface area contributed by atoms with Gasteiger partial charge in [0.05, 0.1) is 22.8 Å². The molecule has 2 bridgehead atoms. The van der Waals surface area contributed by atoms with Crippen molar-refractivity contribution in [3.63, 3.8) is 0 Å². The second-order valence-electron chi connectivity index (χ2n) is 7.50. The van der Waals surface area contributed by atoms with E-state index in [9.17, 15) is 9.50 Å². The van der Waals surface area contributed by atoms with Gasteiger partial charge in [-0.1, -0.05) is 18.5 Å². The predicted octanol–water partition coefficient (Wildman–Crippen LogP) is 4.75. The number of benzene rings is 1. The largest absolute Gasteiger partial charge is 0.388 e. The molecular formula is C17H20ClFN2O. The number of rotatable bonds is 2. The quantitative estimate of drug-likeness (QED) is 0.838. The number of halogens is 2. The summed E-state index contributed by atoms with van der Waals surface area (Å²) in [6.07, 6.45) is 6.96. The van der Waals surface area contributed by atoms with Gasteiger partial charge in [0, 0.05) is 16.4 Å². The summed E-state index contributed by atoms with van der Waals surface area (Å²) in [5.41, 5.74) is 1.06. The van der Waals surface area contributed by atoms with Crippen LogP contribution in [0.5, 0.6) is 0 Å². The number of fused-ring (bicyclic) bond motifs is 4. The number of hydrogen-bond acceptors (Lipinski definition) is 2. The van der Waals surface area contributed by atoms with Crippen molar-refractivity contribution in [3.05, 3.63) is 28.7 Å². The van der Waals surface area contributed by atoms with Gasteiger partial charge < -0.3 is 5.11 Å². The molecular weight excluding hydrogens is 303 g/mol. The van der Waals surface area contributed by atoms with Crippen molar-refractivity contribution in [3.8, 4) is 0 Å². The van der Waals surface area contributed by atoms with E-state index >= 15 is 0 Å². The van der Waals surface area contributed by atoms with Gasteiger partial charge >= 0.3 is 0 Å². The van der Waals surface area contributed by atoms with Crippen LogP contribution in [0.25, 0.3) is 10.9 Å². The topological polar surface area (TPSA) is 48.9 Å². The number of aromatic nitrogens is 2. The van der Waals surface area contributed by atoms with Crippen LogP contribution < -0.4 is 0 Å². The van der Waals surface area contributed by atoms with Gasteiger partial charge in [0.1, 0.15) is 5.82 Å². The minimum absolute atomic E-state index is 0.0517. The molecule has 3 fully saturated rings. The van der Waals surface area contributed by atoms with Crippen molar-refractivity contribution < 1.29 is 9.50 Å². The maximum atomic E-state index is 14.7. The molecule has 3 saturated carbocycles. The number of nitrogens with one attached hydrogen (secondary N) is 1. The number of hydrogen-bond donors (Lipinski definition) is 2. The number of aliphatic hydroxyl groups is 1. The highest BCUT2D eigenvalue weighted by molar-refractivity contribution is 6.31.